The van der Waals surface area contributed by atoms with Gasteiger partial charge in [0, 0.05) is 6.42 Å². The van der Waals surface area contributed by atoms with Crippen LogP contribution in [0.25, 0.3) is 0 Å². The molecule has 1 N–H and O–H groups in total. The second-order valence-corrected chi connectivity index (χ2v) is 4.51. The fourth-order valence-electron chi connectivity index (χ4n) is 2.80. The Balaban J connectivity index is 2.10. The Morgan fingerprint density at radius 1 is 1.46 bits per heavy atom. The van der Waals surface area contributed by atoms with E-state index >= 15 is 0 Å². The first-order valence-electron chi connectivity index (χ1n) is 5.11. The van der Waals surface area contributed by atoms with Crippen LogP contribution in [0.15, 0.2) is 0 Å². The maximum Gasteiger partial charge on any atom is 0.253 e. The van der Waals surface area contributed by atoms with Gasteiger partial charge in [-0.3, -0.25) is 0 Å². The van der Waals surface area contributed by atoms with Crippen LogP contribution in [0.4, 0.5) is 8.78 Å². The zero-order valence-electron chi connectivity index (χ0n) is 7.89. The highest BCUT2D eigenvalue weighted by Gasteiger charge is 2.65. The fraction of sp³-hybridized carbons (Fsp3) is 1.00. The van der Waals surface area contributed by atoms with Gasteiger partial charge in [0.15, 0.2) is 0 Å². The van der Waals surface area contributed by atoms with E-state index in [2.05, 4.69) is 0 Å². The van der Waals surface area contributed by atoms with E-state index < -0.39 is 17.4 Å². The van der Waals surface area contributed by atoms with Crippen LogP contribution in [0.1, 0.15) is 39.0 Å². The molecule has 0 aliphatic heterocycles. The topological polar surface area (TPSA) is 20.2 Å². The van der Waals surface area contributed by atoms with Gasteiger partial charge in [-0.05, 0) is 25.2 Å². The van der Waals surface area contributed by atoms with Gasteiger partial charge in [-0.1, -0.05) is 13.3 Å². The standard InChI is InChI=1S/C10H16F2O/c1-2-7-6-9(7,13)8-4-3-5-10(8,11)12/h7-8,13H,2-6H2,1H3. The first-order chi connectivity index (χ1) is 6.00. The van der Waals surface area contributed by atoms with Crippen molar-refractivity contribution in [1.82, 2.24) is 0 Å². The molecule has 0 radical (unpaired) electrons. The van der Waals surface area contributed by atoms with E-state index in [1.807, 2.05) is 6.92 Å². The Morgan fingerprint density at radius 3 is 2.54 bits per heavy atom. The van der Waals surface area contributed by atoms with Crippen LogP contribution < -0.4 is 0 Å². The van der Waals surface area contributed by atoms with Gasteiger partial charge in [-0.25, -0.2) is 8.78 Å². The molecule has 0 aromatic rings. The van der Waals surface area contributed by atoms with Gasteiger partial charge >= 0.3 is 0 Å². The first-order valence-corrected chi connectivity index (χ1v) is 5.11. The fourth-order valence-corrected chi connectivity index (χ4v) is 2.80. The summed E-state index contributed by atoms with van der Waals surface area (Å²) >= 11 is 0. The molecular formula is C10H16F2O. The van der Waals surface area contributed by atoms with Gasteiger partial charge in [0.1, 0.15) is 0 Å². The minimum atomic E-state index is -2.61. The Morgan fingerprint density at radius 2 is 2.15 bits per heavy atom. The third kappa shape index (κ3) is 1.28. The maximum absolute atomic E-state index is 13.3. The molecule has 0 heterocycles. The van der Waals surface area contributed by atoms with Crippen LogP contribution in [-0.2, 0) is 0 Å². The monoisotopic (exact) mass is 190 g/mol. The minimum absolute atomic E-state index is 0.0313. The summed E-state index contributed by atoms with van der Waals surface area (Å²) in [6.45, 7) is 1.95. The molecule has 3 atom stereocenters. The normalized spacial score (nSPS) is 48.0. The molecule has 2 saturated carbocycles. The summed E-state index contributed by atoms with van der Waals surface area (Å²) in [5.74, 6) is -3.25. The van der Waals surface area contributed by atoms with Crippen LogP contribution >= 0.6 is 0 Å². The van der Waals surface area contributed by atoms with E-state index in [4.69, 9.17) is 0 Å². The summed E-state index contributed by atoms with van der Waals surface area (Å²) in [5, 5.41) is 9.94. The van der Waals surface area contributed by atoms with Crippen molar-refractivity contribution in [2.24, 2.45) is 11.8 Å². The van der Waals surface area contributed by atoms with Crippen molar-refractivity contribution < 1.29 is 13.9 Å². The summed E-state index contributed by atoms with van der Waals surface area (Å²) in [6, 6.07) is 0. The lowest BCUT2D eigenvalue weighted by atomic mass is 9.93. The van der Waals surface area contributed by atoms with Crippen LogP contribution in [0.5, 0.6) is 0 Å². The molecule has 3 unspecified atom stereocenters. The Kier molecular flexibility index (Phi) is 1.92. The highest BCUT2D eigenvalue weighted by Crippen LogP contribution is 2.59. The van der Waals surface area contributed by atoms with Gasteiger partial charge < -0.3 is 5.11 Å². The Bertz CT molecular complexity index is 217. The maximum atomic E-state index is 13.3. The number of hydrogen-bond acceptors (Lipinski definition) is 1. The van der Waals surface area contributed by atoms with E-state index in [0.717, 1.165) is 6.42 Å². The highest BCUT2D eigenvalue weighted by atomic mass is 19.3. The summed E-state index contributed by atoms with van der Waals surface area (Å²) < 4.78 is 26.6. The molecule has 76 valence electrons. The van der Waals surface area contributed by atoms with Crippen LogP contribution in [-0.4, -0.2) is 16.6 Å². The molecule has 0 amide bonds. The summed E-state index contributed by atoms with van der Waals surface area (Å²) in [6.07, 6.45) is 2.44. The van der Waals surface area contributed by atoms with Crippen molar-refractivity contribution in [3.8, 4) is 0 Å². The average Bonchev–Trinajstić information content (AvgIpc) is 2.57. The third-order valence-corrected chi connectivity index (χ3v) is 3.73. The predicted molar refractivity (Wildman–Crippen MR) is 45.6 cm³/mol. The third-order valence-electron chi connectivity index (χ3n) is 3.73. The summed E-state index contributed by atoms with van der Waals surface area (Å²) in [4.78, 5) is 0. The van der Waals surface area contributed by atoms with E-state index in [0.29, 0.717) is 19.3 Å². The molecule has 2 aliphatic rings. The van der Waals surface area contributed by atoms with Gasteiger partial charge in [0.05, 0.1) is 11.5 Å². The van der Waals surface area contributed by atoms with E-state index in [-0.39, 0.29) is 12.3 Å². The van der Waals surface area contributed by atoms with Crippen molar-refractivity contribution >= 4 is 0 Å². The molecular weight excluding hydrogens is 174 g/mol. The van der Waals surface area contributed by atoms with Gasteiger partial charge in [0.25, 0.3) is 5.92 Å². The second-order valence-electron chi connectivity index (χ2n) is 4.51. The van der Waals surface area contributed by atoms with Crippen molar-refractivity contribution in [3.63, 3.8) is 0 Å². The lowest BCUT2D eigenvalue weighted by Crippen LogP contribution is -2.35. The largest absolute Gasteiger partial charge is 0.389 e. The summed E-state index contributed by atoms with van der Waals surface area (Å²) in [5.41, 5.74) is -1.02. The SMILES string of the molecule is CCC1CC1(O)C1CCCC1(F)F. The zero-order chi connectivity index (χ0) is 9.69. The molecule has 0 aromatic heterocycles. The molecule has 2 fully saturated rings. The van der Waals surface area contributed by atoms with Crippen molar-refractivity contribution in [3.05, 3.63) is 0 Å². The number of hydrogen-bond donors (Lipinski definition) is 1. The molecule has 2 rings (SSSR count). The van der Waals surface area contributed by atoms with Gasteiger partial charge in [-0.15, -0.1) is 0 Å². The Labute approximate surface area is 77.1 Å². The minimum Gasteiger partial charge on any atom is -0.389 e. The highest BCUT2D eigenvalue weighted by molar-refractivity contribution is 5.11. The molecule has 3 heteroatoms. The second kappa shape index (κ2) is 2.66. The van der Waals surface area contributed by atoms with E-state index in [1.165, 1.54) is 0 Å². The smallest absolute Gasteiger partial charge is 0.253 e. The predicted octanol–water partition coefficient (Wildman–Crippen LogP) is 2.58. The lowest BCUT2D eigenvalue weighted by molar-refractivity contribution is -0.0978. The van der Waals surface area contributed by atoms with Gasteiger partial charge in [-0.2, -0.15) is 0 Å². The number of aliphatic hydroxyl groups is 1. The molecule has 0 bridgehead atoms. The van der Waals surface area contributed by atoms with E-state index in [9.17, 15) is 13.9 Å². The van der Waals surface area contributed by atoms with Crippen molar-refractivity contribution in [1.29, 1.82) is 0 Å². The lowest BCUT2D eigenvalue weighted by Gasteiger charge is -2.25. The van der Waals surface area contributed by atoms with Crippen molar-refractivity contribution in [2.45, 2.75) is 50.6 Å². The Hall–Kier alpha value is -0.180. The number of rotatable bonds is 2. The summed E-state index contributed by atoms with van der Waals surface area (Å²) in [7, 11) is 0. The zero-order valence-corrected chi connectivity index (χ0v) is 7.89. The first kappa shape index (κ1) is 9.38. The molecule has 1 nitrogen and oxygen atoms in total. The van der Waals surface area contributed by atoms with Crippen molar-refractivity contribution in [2.75, 3.05) is 0 Å². The van der Waals surface area contributed by atoms with Gasteiger partial charge in [0.2, 0.25) is 0 Å². The molecule has 0 spiro atoms. The molecule has 2 aliphatic carbocycles. The van der Waals surface area contributed by atoms with E-state index in [1.54, 1.807) is 0 Å². The number of halogens is 2. The van der Waals surface area contributed by atoms with Crippen LogP contribution in [0, 0.1) is 11.8 Å². The molecule has 0 saturated heterocycles. The average molecular weight is 190 g/mol. The molecule has 13 heavy (non-hydrogen) atoms. The number of alkyl halides is 2. The quantitative estimate of drug-likeness (QED) is 0.709. The van der Waals surface area contributed by atoms with Crippen LogP contribution in [0.2, 0.25) is 0 Å². The molecule has 0 aromatic carbocycles. The van der Waals surface area contributed by atoms with Crippen LogP contribution in [0.3, 0.4) is 0 Å².